The zero-order valence-corrected chi connectivity index (χ0v) is 7.98. The molecule has 1 aromatic rings. The van der Waals surface area contributed by atoms with Crippen molar-refractivity contribution in [3.05, 3.63) is 37.4 Å². The van der Waals surface area contributed by atoms with Crippen molar-refractivity contribution in [2.45, 2.75) is 0 Å². The van der Waals surface area contributed by atoms with Gasteiger partial charge in [-0.15, -0.1) is 0 Å². The smallest absolute Gasteiger partial charge is 0.258 e. The molecule has 60 valence electrons. The maximum atomic E-state index is 10.3. The lowest BCUT2D eigenvalue weighted by Gasteiger charge is -1.93. The van der Waals surface area contributed by atoms with E-state index in [9.17, 15) is 10.1 Å². The van der Waals surface area contributed by atoms with Crippen molar-refractivity contribution in [2.75, 3.05) is 0 Å². The Morgan fingerprint density at radius 1 is 1.58 bits per heavy atom. The average molecular weight is 274 g/mol. The van der Waals surface area contributed by atoms with Crippen molar-refractivity contribution in [3.8, 4) is 6.07 Å². The fourth-order valence-electron chi connectivity index (χ4n) is 0.725. The summed E-state index contributed by atoms with van der Waals surface area (Å²) in [6.45, 7) is 0. The molecule has 0 aliphatic heterocycles. The number of nitro groups is 1. The normalized spacial score (nSPS) is 9.00. The van der Waals surface area contributed by atoms with Crippen LogP contribution in [0.5, 0.6) is 0 Å². The molecule has 0 spiro atoms. The van der Waals surface area contributed by atoms with E-state index in [2.05, 4.69) is 0 Å². The van der Waals surface area contributed by atoms with E-state index >= 15 is 0 Å². The number of rotatable bonds is 1. The van der Waals surface area contributed by atoms with Gasteiger partial charge in [0.05, 0.1) is 20.1 Å². The number of nitrogens with zero attached hydrogens (tertiary/aromatic N) is 2. The minimum atomic E-state index is -0.469. The second kappa shape index (κ2) is 3.49. The first-order chi connectivity index (χ1) is 5.65. The second-order valence-corrected chi connectivity index (χ2v) is 3.20. The van der Waals surface area contributed by atoms with Gasteiger partial charge in [-0.3, -0.25) is 10.1 Å². The molecule has 0 aliphatic carbocycles. The Bertz CT molecular complexity index is 370. The van der Waals surface area contributed by atoms with Crippen molar-refractivity contribution in [1.29, 1.82) is 5.26 Å². The number of nitro benzene ring substituents is 1. The van der Waals surface area contributed by atoms with Gasteiger partial charge in [0.1, 0.15) is 0 Å². The fraction of sp³-hybridized carbons (Fsp3) is 0. The first-order valence-electron chi connectivity index (χ1n) is 2.99. The predicted octanol–water partition coefficient (Wildman–Crippen LogP) is 2.07. The van der Waals surface area contributed by atoms with Crippen LogP contribution in [-0.2, 0) is 0 Å². The summed E-state index contributed by atoms with van der Waals surface area (Å²) in [4.78, 5) is 9.87. The molecule has 0 unspecified atom stereocenters. The zero-order valence-electron chi connectivity index (χ0n) is 5.82. The van der Waals surface area contributed by atoms with E-state index in [0.717, 1.165) is 0 Å². The van der Waals surface area contributed by atoms with Gasteiger partial charge in [0.15, 0.2) is 0 Å². The Labute approximate surface area is 82.1 Å². The molecule has 5 heteroatoms. The summed E-state index contributed by atoms with van der Waals surface area (Å²) in [5.41, 5.74) is 0.472. The molecule has 1 aromatic carbocycles. The molecule has 0 saturated heterocycles. The number of nitriles is 1. The van der Waals surface area contributed by atoms with E-state index in [1.807, 2.05) is 28.7 Å². The minimum absolute atomic E-state index is 0.0367. The summed E-state index contributed by atoms with van der Waals surface area (Å²) in [7, 11) is 0. The lowest BCUT2D eigenvalue weighted by Crippen LogP contribution is -1.91. The number of hydrogen-bond donors (Lipinski definition) is 0. The molecule has 12 heavy (non-hydrogen) atoms. The van der Waals surface area contributed by atoms with Crippen molar-refractivity contribution >= 4 is 28.3 Å². The highest BCUT2D eigenvalue weighted by Crippen LogP contribution is 2.20. The van der Waals surface area contributed by atoms with Gasteiger partial charge in [-0.1, -0.05) is 0 Å². The first kappa shape index (κ1) is 8.93. The Hall–Kier alpha value is -1.16. The molecule has 0 N–H and O–H groups in total. The summed E-state index contributed by atoms with van der Waals surface area (Å²) in [6, 6.07) is 6.16. The quantitative estimate of drug-likeness (QED) is 0.447. The zero-order chi connectivity index (χ0) is 9.14. The van der Waals surface area contributed by atoms with E-state index in [1.165, 1.54) is 18.2 Å². The van der Waals surface area contributed by atoms with Crippen molar-refractivity contribution < 1.29 is 4.92 Å². The Morgan fingerprint density at radius 2 is 2.25 bits per heavy atom. The van der Waals surface area contributed by atoms with Gasteiger partial charge in [-0.25, -0.2) is 0 Å². The van der Waals surface area contributed by atoms with Crippen LogP contribution in [0.25, 0.3) is 0 Å². The lowest BCUT2D eigenvalue weighted by atomic mass is 10.2. The van der Waals surface area contributed by atoms with Gasteiger partial charge in [-0.05, 0) is 34.7 Å². The van der Waals surface area contributed by atoms with E-state index < -0.39 is 4.92 Å². The van der Waals surface area contributed by atoms with Crippen LogP contribution >= 0.6 is 22.6 Å². The van der Waals surface area contributed by atoms with Crippen LogP contribution in [0.2, 0.25) is 0 Å². The monoisotopic (exact) mass is 274 g/mol. The highest BCUT2D eigenvalue weighted by Gasteiger charge is 2.10. The third-order valence-electron chi connectivity index (χ3n) is 1.27. The Balaban J connectivity index is 3.23. The van der Waals surface area contributed by atoms with Crippen molar-refractivity contribution in [2.24, 2.45) is 0 Å². The van der Waals surface area contributed by atoms with Crippen LogP contribution in [0, 0.1) is 25.0 Å². The van der Waals surface area contributed by atoms with Crippen molar-refractivity contribution in [3.63, 3.8) is 0 Å². The number of hydrogen-bond acceptors (Lipinski definition) is 3. The Kier molecular flexibility index (Phi) is 2.60. The summed E-state index contributed by atoms with van der Waals surface area (Å²) in [5, 5.41) is 18.8. The summed E-state index contributed by atoms with van der Waals surface area (Å²) < 4.78 is 0.483. The SMILES string of the molecule is N#Cc1ccc([N+](=O)[O-])c(I)c1. The van der Waals surface area contributed by atoms with Crippen LogP contribution in [-0.4, -0.2) is 4.92 Å². The van der Waals surface area contributed by atoms with E-state index in [0.29, 0.717) is 9.13 Å². The van der Waals surface area contributed by atoms with Crippen LogP contribution in [0.15, 0.2) is 18.2 Å². The minimum Gasteiger partial charge on any atom is -0.258 e. The predicted molar refractivity (Wildman–Crippen MR) is 50.5 cm³/mol. The van der Waals surface area contributed by atoms with Crippen LogP contribution in [0.1, 0.15) is 5.56 Å². The maximum Gasteiger partial charge on any atom is 0.282 e. The molecule has 0 amide bonds. The maximum absolute atomic E-state index is 10.3. The molecule has 0 atom stereocenters. The number of halogens is 1. The summed E-state index contributed by atoms with van der Waals surface area (Å²) in [5.74, 6) is 0. The van der Waals surface area contributed by atoms with Gasteiger partial charge in [0, 0.05) is 6.07 Å². The third-order valence-corrected chi connectivity index (χ3v) is 2.14. The molecule has 0 heterocycles. The molecular weight excluding hydrogens is 271 g/mol. The number of benzene rings is 1. The fourth-order valence-corrected chi connectivity index (χ4v) is 1.44. The highest BCUT2D eigenvalue weighted by molar-refractivity contribution is 14.1. The van der Waals surface area contributed by atoms with Gasteiger partial charge >= 0.3 is 0 Å². The molecular formula is C7H3IN2O2. The van der Waals surface area contributed by atoms with Gasteiger partial charge in [0.2, 0.25) is 0 Å². The Morgan fingerprint density at radius 3 is 2.67 bits per heavy atom. The van der Waals surface area contributed by atoms with E-state index in [-0.39, 0.29) is 5.69 Å². The first-order valence-corrected chi connectivity index (χ1v) is 4.07. The molecule has 0 aromatic heterocycles. The topological polar surface area (TPSA) is 66.9 Å². The molecule has 0 fully saturated rings. The third kappa shape index (κ3) is 1.71. The van der Waals surface area contributed by atoms with Gasteiger partial charge in [-0.2, -0.15) is 5.26 Å². The second-order valence-electron chi connectivity index (χ2n) is 2.04. The summed E-state index contributed by atoms with van der Waals surface area (Å²) >= 11 is 1.83. The molecule has 0 bridgehead atoms. The van der Waals surface area contributed by atoms with Crippen molar-refractivity contribution in [1.82, 2.24) is 0 Å². The van der Waals surface area contributed by atoms with E-state index in [1.54, 1.807) is 0 Å². The van der Waals surface area contributed by atoms with Gasteiger partial charge in [0.25, 0.3) is 5.69 Å². The molecule has 0 radical (unpaired) electrons. The largest absolute Gasteiger partial charge is 0.282 e. The molecule has 1 rings (SSSR count). The average Bonchev–Trinajstić information content (AvgIpc) is 2.03. The van der Waals surface area contributed by atoms with Crippen LogP contribution in [0.3, 0.4) is 0 Å². The summed E-state index contributed by atoms with van der Waals surface area (Å²) in [6.07, 6.45) is 0. The molecule has 0 aliphatic rings. The van der Waals surface area contributed by atoms with Crippen LogP contribution < -0.4 is 0 Å². The van der Waals surface area contributed by atoms with Gasteiger partial charge < -0.3 is 0 Å². The standard InChI is InChI=1S/C7H3IN2O2/c8-6-3-5(4-9)1-2-7(6)10(11)12/h1-3H. The van der Waals surface area contributed by atoms with Crippen LogP contribution in [0.4, 0.5) is 5.69 Å². The van der Waals surface area contributed by atoms with E-state index in [4.69, 9.17) is 5.26 Å². The highest BCUT2D eigenvalue weighted by atomic mass is 127. The molecule has 0 saturated carbocycles. The lowest BCUT2D eigenvalue weighted by molar-refractivity contribution is -0.385. The molecule has 4 nitrogen and oxygen atoms in total.